The second kappa shape index (κ2) is 8.05. The second-order valence-corrected chi connectivity index (χ2v) is 7.81. The molecule has 1 aliphatic carbocycles. The van der Waals surface area contributed by atoms with Gasteiger partial charge in [0.25, 0.3) is 0 Å². The summed E-state index contributed by atoms with van der Waals surface area (Å²) in [4.78, 5) is 12.1. The molecule has 0 unspecified atom stereocenters. The Bertz CT molecular complexity index is 942. The van der Waals surface area contributed by atoms with Crippen molar-refractivity contribution in [1.82, 2.24) is 14.8 Å². The van der Waals surface area contributed by atoms with Gasteiger partial charge < -0.3 is 4.57 Å². The summed E-state index contributed by atoms with van der Waals surface area (Å²) in [6, 6.07) is 16.7. The molecule has 2 aromatic carbocycles. The minimum absolute atomic E-state index is 0.0712. The lowest BCUT2D eigenvalue weighted by molar-refractivity contribution is -0.116. The van der Waals surface area contributed by atoms with Crippen molar-refractivity contribution >= 4 is 17.5 Å². The van der Waals surface area contributed by atoms with Crippen molar-refractivity contribution in [3.05, 3.63) is 66.0 Å². The van der Waals surface area contributed by atoms with Crippen LogP contribution in [-0.2, 0) is 17.8 Å². The number of hydrogen-bond acceptors (Lipinski definition) is 4. The number of nitrogens with zero attached hydrogens (tertiary/aromatic N) is 3. The number of hydrogen-bond donors (Lipinski definition) is 0. The van der Waals surface area contributed by atoms with Gasteiger partial charge in [0.05, 0.1) is 10.8 Å². The van der Waals surface area contributed by atoms with E-state index in [0.717, 1.165) is 19.3 Å². The van der Waals surface area contributed by atoms with E-state index in [1.54, 1.807) is 18.2 Å². The predicted molar refractivity (Wildman–Crippen MR) is 104 cm³/mol. The van der Waals surface area contributed by atoms with Crippen molar-refractivity contribution in [2.24, 2.45) is 0 Å². The molecule has 3 aromatic rings. The normalized spacial score (nSPS) is 16.8. The molecule has 0 saturated heterocycles. The van der Waals surface area contributed by atoms with Crippen molar-refractivity contribution in [2.75, 3.05) is 0 Å². The average molecular weight is 381 g/mol. The zero-order valence-corrected chi connectivity index (χ0v) is 15.7. The van der Waals surface area contributed by atoms with Crippen LogP contribution < -0.4 is 0 Å². The number of Topliss-reactive ketones (excluding diaryl/α,β-unsaturated/α-hetero) is 1. The van der Waals surface area contributed by atoms with Gasteiger partial charge in [0.1, 0.15) is 11.6 Å². The van der Waals surface area contributed by atoms with Crippen molar-refractivity contribution in [3.63, 3.8) is 0 Å². The largest absolute Gasteiger partial charge is 0.302 e. The topological polar surface area (TPSA) is 47.8 Å². The maximum atomic E-state index is 14.4. The number of carbonyl (C=O) groups excluding carboxylic acids is 1. The first-order chi connectivity index (χ1) is 13.2. The third kappa shape index (κ3) is 3.95. The zero-order valence-electron chi connectivity index (χ0n) is 14.8. The van der Waals surface area contributed by atoms with Gasteiger partial charge in [0, 0.05) is 13.0 Å². The summed E-state index contributed by atoms with van der Waals surface area (Å²) in [6.07, 6.45) is 3.21. The van der Waals surface area contributed by atoms with Crippen molar-refractivity contribution in [2.45, 2.75) is 42.6 Å². The maximum absolute atomic E-state index is 14.4. The maximum Gasteiger partial charge on any atom is 0.192 e. The molecule has 1 atom stereocenters. The summed E-state index contributed by atoms with van der Waals surface area (Å²) in [5, 5.41) is 9.18. The van der Waals surface area contributed by atoms with Crippen LogP contribution in [0.3, 0.4) is 0 Å². The van der Waals surface area contributed by atoms with Gasteiger partial charge in [-0.15, -0.1) is 10.2 Å². The van der Waals surface area contributed by atoms with Gasteiger partial charge in [0.15, 0.2) is 11.0 Å². The lowest BCUT2D eigenvalue weighted by Crippen LogP contribution is -2.12. The van der Waals surface area contributed by atoms with Crippen LogP contribution >= 0.6 is 11.8 Å². The van der Waals surface area contributed by atoms with E-state index in [2.05, 4.69) is 22.3 Å². The number of aromatic nitrogens is 3. The van der Waals surface area contributed by atoms with Crippen LogP contribution in [0.1, 0.15) is 24.8 Å². The first-order valence-corrected chi connectivity index (χ1v) is 10.0. The van der Waals surface area contributed by atoms with Crippen molar-refractivity contribution in [1.29, 1.82) is 0 Å². The Morgan fingerprint density at radius 1 is 1.07 bits per heavy atom. The number of benzene rings is 2. The summed E-state index contributed by atoms with van der Waals surface area (Å²) in [7, 11) is 0. The van der Waals surface area contributed by atoms with E-state index in [4.69, 9.17) is 0 Å². The van der Waals surface area contributed by atoms with Gasteiger partial charge >= 0.3 is 0 Å². The fourth-order valence-corrected chi connectivity index (χ4v) is 4.52. The molecule has 6 heteroatoms. The molecule has 27 heavy (non-hydrogen) atoms. The van der Waals surface area contributed by atoms with Gasteiger partial charge in [-0.05, 0) is 37.0 Å². The molecule has 1 fully saturated rings. The average Bonchev–Trinajstić information content (AvgIpc) is 3.28. The van der Waals surface area contributed by atoms with Crippen molar-refractivity contribution < 1.29 is 9.18 Å². The molecule has 1 aliphatic rings. The number of thioether (sulfide) groups is 1. The fraction of sp³-hybridized carbons (Fsp3) is 0.286. The van der Waals surface area contributed by atoms with E-state index < -0.39 is 0 Å². The standard InChI is InChI=1S/C21H20FN3OS/c22-17-10-5-4-9-16(17)20-23-24-21(27-19-12-6-11-18(19)26)25(20)14-13-15-7-2-1-3-8-15/h1-5,7-10,19H,6,11-14H2/t19-/m0/s1. The van der Waals surface area contributed by atoms with E-state index in [0.29, 0.717) is 29.5 Å². The number of rotatable bonds is 6. The second-order valence-electron chi connectivity index (χ2n) is 6.64. The summed E-state index contributed by atoms with van der Waals surface area (Å²) in [6.45, 7) is 0.629. The molecule has 1 heterocycles. The van der Waals surface area contributed by atoms with Crippen molar-refractivity contribution in [3.8, 4) is 11.4 Å². The van der Waals surface area contributed by atoms with E-state index in [9.17, 15) is 9.18 Å². The Hall–Kier alpha value is -2.47. The Labute approximate surface area is 161 Å². The van der Waals surface area contributed by atoms with Crippen LogP contribution in [0, 0.1) is 5.82 Å². The highest BCUT2D eigenvalue weighted by molar-refractivity contribution is 8.00. The minimum Gasteiger partial charge on any atom is -0.302 e. The highest BCUT2D eigenvalue weighted by atomic mass is 32.2. The Morgan fingerprint density at radius 3 is 2.59 bits per heavy atom. The Balaban J connectivity index is 1.66. The monoisotopic (exact) mass is 381 g/mol. The SMILES string of the molecule is O=C1CCC[C@@H]1Sc1nnc(-c2ccccc2F)n1CCc1ccccc1. The number of carbonyl (C=O) groups is 1. The molecule has 0 amide bonds. The smallest absolute Gasteiger partial charge is 0.192 e. The van der Waals surface area contributed by atoms with E-state index in [1.807, 2.05) is 22.8 Å². The predicted octanol–water partition coefficient (Wildman–Crippen LogP) is 4.54. The van der Waals surface area contributed by atoms with Gasteiger partial charge in [-0.25, -0.2) is 4.39 Å². The first kappa shape index (κ1) is 17.9. The molecule has 138 valence electrons. The summed E-state index contributed by atoms with van der Waals surface area (Å²) in [5.74, 6) is 0.460. The molecule has 4 nitrogen and oxygen atoms in total. The summed E-state index contributed by atoms with van der Waals surface area (Å²) in [5.41, 5.74) is 1.63. The highest BCUT2D eigenvalue weighted by Crippen LogP contribution is 2.34. The van der Waals surface area contributed by atoms with Gasteiger partial charge in [-0.3, -0.25) is 4.79 Å². The molecule has 0 radical (unpaired) electrons. The third-order valence-electron chi connectivity index (χ3n) is 4.79. The molecule has 1 aromatic heterocycles. The first-order valence-electron chi connectivity index (χ1n) is 9.14. The van der Waals surface area contributed by atoms with Crippen LogP contribution in [0.15, 0.2) is 59.8 Å². The lowest BCUT2D eigenvalue weighted by atomic mass is 10.1. The molecule has 0 aliphatic heterocycles. The quantitative estimate of drug-likeness (QED) is 0.629. The third-order valence-corrected chi connectivity index (χ3v) is 6.09. The van der Waals surface area contributed by atoms with Gasteiger partial charge in [-0.1, -0.05) is 54.2 Å². The zero-order chi connectivity index (χ0) is 18.6. The molecule has 0 N–H and O–H groups in total. The Morgan fingerprint density at radius 2 is 1.85 bits per heavy atom. The number of aryl methyl sites for hydroxylation is 1. The molecular weight excluding hydrogens is 361 g/mol. The molecule has 0 spiro atoms. The van der Waals surface area contributed by atoms with Crippen LogP contribution in [0.2, 0.25) is 0 Å². The van der Waals surface area contributed by atoms with Gasteiger partial charge in [0.2, 0.25) is 0 Å². The number of halogens is 1. The summed E-state index contributed by atoms with van der Waals surface area (Å²) < 4.78 is 16.3. The molecular formula is C21H20FN3OS. The fourth-order valence-electron chi connectivity index (χ4n) is 3.34. The number of ketones is 1. The molecule has 4 rings (SSSR count). The van der Waals surface area contributed by atoms with E-state index in [-0.39, 0.29) is 16.9 Å². The molecule has 0 bridgehead atoms. The van der Waals surface area contributed by atoms with Crippen LogP contribution in [0.25, 0.3) is 11.4 Å². The summed E-state index contributed by atoms with van der Waals surface area (Å²) >= 11 is 1.46. The van der Waals surface area contributed by atoms with E-state index in [1.165, 1.54) is 23.4 Å². The van der Waals surface area contributed by atoms with Crippen LogP contribution in [-0.4, -0.2) is 25.8 Å². The minimum atomic E-state index is -0.320. The van der Waals surface area contributed by atoms with Crippen LogP contribution in [0.5, 0.6) is 0 Å². The highest BCUT2D eigenvalue weighted by Gasteiger charge is 2.28. The van der Waals surface area contributed by atoms with E-state index >= 15 is 0 Å². The molecule has 1 saturated carbocycles. The lowest BCUT2D eigenvalue weighted by Gasteiger charge is -2.12. The van der Waals surface area contributed by atoms with Crippen LogP contribution in [0.4, 0.5) is 4.39 Å². The van der Waals surface area contributed by atoms with Gasteiger partial charge in [-0.2, -0.15) is 0 Å². The Kier molecular flexibility index (Phi) is 5.34.